The van der Waals surface area contributed by atoms with Gasteiger partial charge in [-0.15, -0.1) is 11.3 Å². The molecule has 1 atom stereocenters. The van der Waals surface area contributed by atoms with Crippen molar-refractivity contribution < 1.29 is 4.79 Å². The molecule has 0 saturated heterocycles. The topological polar surface area (TPSA) is 29.1 Å². The zero-order chi connectivity index (χ0) is 13.9. The maximum absolute atomic E-state index is 12.4. The number of carbonyl (C=O) groups excluding carboxylic acids is 1. The SMILES string of the molecule is CC1=C(c2sc(C)c(C)c2C)C(=O)NC1(C)C1CC1. The van der Waals surface area contributed by atoms with Crippen LogP contribution < -0.4 is 5.32 Å². The lowest BCUT2D eigenvalue weighted by Crippen LogP contribution is -2.43. The van der Waals surface area contributed by atoms with E-state index in [1.54, 1.807) is 11.3 Å². The molecule has 1 aromatic rings. The monoisotopic (exact) mass is 275 g/mol. The Morgan fingerprint density at radius 2 is 1.79 bits per heavy atom. The van der Waals surface area contributed by atoms with E-state index < -0.39 is 0 Å². The Balaban J connectivity index is 2.15. The lowest BCUT2D eigenvalue weighted by atomic mass is 9.87. The van der Waals surface area contributed by atoms with Crippen LogP contribution in [0.2, 0.25) is 0 Å². The van der Waals surface area contributed by atoms with Gasteiger partial charge in [0.1, 0.15) is 0 Å². The van der Waals surface area contributed by atoms with Gasteiger partial charge in [-0.1, -0.05) is 0 Å². The highest BCUT2D eigenvalue weighted by Gasteiger charge is 2.49. The number of amides is 1. The first-order valence-corrected chi connectivity index (χ1v) is 7.78. The van der Waals surface area contributed by atoms with Crippen LogP contribution in [-0.4, -0.2) is 11.4 Å². The summed E-state index contributed by atoms with van der Waals surface area (Å²) in [7, 11) is 0. The minimum Gasteiger partial charge on any atom is -0.343 e. The van der Waals surface area contributed by atoms with Gasteiger partial charge < -0.3 is 5.32 Å². The summed E-state index contributed by atoms with van der Waals surface area (Å²) in [4.78, 5) is 14.9. The molecule has 2 heterocycles. The largest absolute Gasteiger partial charge is 0.343 e. The molecule has 1 aromatic heterocycles. The molecule has 3 heteroatoms. The number of carbonyl (C=O) groups is 1. The molecule has 1 saturated carbocycles. The Morgan fingerprint density at radius 3 is 2.26 bits per heavy atom. The third kappa shape index (κ3) is 1.71. The summed E-state index contributed by atoms with van der Waals surface area (Å²) in [6.07, 6.45) is 2.48. The second-order valence-electron chi connectivity index (χ2n) is 6.17. The van der Waals surface area contributed by atoms with E-state index in [4.69, 9.17) is 0 Å². The predicted molar refractivity (Wildman–Crippen MR) is 80.4 cm³/mol. The van der Waals surface area contributed by atoms with Crippen molar-refractivity contribution in [2.45, 2.75) is 53.0 Å². The average Bonchev–Trinajstić information content (AvgIpc) is 3.12. The smallest absolute Gasteiger partial charge is 0.253 e. The first kappa shape index (κ1) is 12.9. The lowest BCUT2D eigenvalue weighted by molar-refractivity contribution is -0.116. The highest BCUT2D eigenvalue weighted by Crippen LogP contribution is 2.49. The Labute approximate surface area is 118 Å². The maximum Gasteiger partial charge on any atom is 0.253 e. The van der Waals surface area contributed by atoms with Gasteiger partial charge in [-0.2, -0.15) is 0 Å². The van der Waals surface area contributed by atoms with Crippen molar-refractivity contribution in [2.75, 3.05) is 0 Å². The molecule has 0 aromatic carbocycles. The normalized spacial score (nSPS) is 27.1. The molecule has 1 fully saturated rings. The lowest BCUT2D eigenvalue weighted by Gasteiger charge is -2.26. The third-order valence-electron chi connectivity index (χ3n) is 5.06. The van der Waals surface area contributed by atoms with Gasteiger partial charge in [0, 0.05) is 9.75 Å². The maximum atomic E-state index is 12.4. The minimum atomic E-state index is -0.106. The zero-order valence-electron chi connectivity index (χ0n) is 12.3. The Bertz CT molecular complexity index is 607. The molecule has 0 bridgehead atoms. The van der Waals surface area contributed by atoms with Gasteiger partial charge in [-0.3, -0.25) is 4.79 Å². The van der Waals surface area contributed by atoms with E-state index in [1.165, 1.54) is 39.3 Å². The number of rotatable bonds is 2. The van der Waals surface area contributed by atoms with Crippen molar-refractivity contribution in [3.05, 3.63) is 26.5 Å². The number of hydrogen-bond acceptors (Lipinski definition) is 2. The fraction of sp³-hybridized carbons (Fsp3) is 0.562. The van der Waals surface area contributed by atoms with E-state index in [0.29, 0.717) is 5.92 Å². The molecule has 1 amide bonds. The molecule has 2 aliphatic rings. The number of hydrogen-bond donors (Lipinski definition) is 1. The van der Waals surface area contributed by atoms with E-state index in [2.05, 4.69) is 39.9 Å². The number of thiophene rings is 1. The fourth-order valence-corrected chi connectivity index (χ4v) is 4.41. The quantitative estimate of drug-likeness (QED) is 0.875. The first-order chi connectivity index (χ1) is 8.86. The van der Waals surface area contributed by atoms with E-state index in [1.807, 2.05) is 0 Å². The van der Waals surface area contributed by atoms with Crippen LogP contribution in [0, 0.1) is 26.7 Å². The van der Waals surface area contributed by atoms with Crippen molar-refractivity contribution in [3.63, 3.8) is 0 Å². The van der Waals surface area contributed by atoms with Gasteiger partial charge in [-0.25, -0.2) is 0 Å². The highest BCUT2D eigenvalue weighted by atomic mass is 32.1. The summed E-state index contributed by atoms with van der Waals surface area (Å²) < 4.78 is 0. The van der Waals surface area contributed by atoms with Gasteiger partial charge in [0.05, 0.1) is 11.1 Å². The third-order valence-corrected chi connectivity index (χ3v) is 6.39. The van der Waals surface area contributed by atoms with Crippen molar-refractivity contribution in [2.24, 2.45) is 5.92 Å². The molecule has 2 nitrogen and oxygen atoms in total. The molecule has 1 unspecified atom stereocenters. The molecule has 19 heavy (non-hydrogen) atoms. The number of nitrogens with one attached hydrogen (secondary N) is 1. The Morgan fingerprint density at radius 1 is 1.16 bits per heavy atom. The average molecular weight is 275 g/mol. The van der Waals surface area contributed by atoms with Gasteiger partial charge in [0.2, 0.25) is 0 Å². The molecule has 1 aliphatic heterocycles. The summed E-state index contributed by atoms with van der Waals surface area (Å²) in [5.41, 5.74) is 4.67. The summed E-state index contributed by atoms with van der Waals surface area (Å²) in [6, 6.07) is 0. The van der Waals surface area contributed by atoms with Crippen LogP contribution in [0.1, 0.15) is 47.6 Å². The standard InChI is InChI=1S/C16H21NOS/c1-8-9(2)14(19-11(8)4)13-10(3)16(5,12-6-7-12)17-15(13)18/h12H,6-7H2,1-5H3,(H,17,18). The molecule has 0 radical (unpaired) electrons. The van der Waals surface area contributed by atoms with Crippen LogP contribution in [-0.2, 0) is 4.79 Å². The second kappa shape index (κ2) is 3.95. The van der Waals surface area contributed by atoms with Crippen molar-refractivity contribution in [1.82, 2.24) is 5.32 Å². The molecule has 0 spiro atoms. The fourth-order valence-electron chi connectivity index (χ4n) is 3.14. The zero-order valence-corrected chi connectivity index (χ0v) is 13.1. The molecular weight excluding hydrogens is 254 g/mol. The van der Waals surface area contributed by atoms with Gasteiger partial charge >= 0.3 is 0 Å². The second-order valence-corrected chi connectivity index (χ2v) is 7.39. The van der Waals surface area contributed by atoms with Crippen LogP contribution in [0.5, 0.6) is 0 Å². The molecule has 1 aliphatic carbocycles. The summed E-state index contributed by atoms with van der Waals surface area (Å²) in [6.45, 7) is 10.7. The molecule has 1 N–H and O–H groups in total. The summed E-state index contributed by atoms with van der Waals surface area (Å²) in [5.74, 6) is 0.757. The van der Waals surface area contributed by atoms with Crippen LogP contribution in [0.3, 0.4) is 0 Å². The summed E-state index contributed by atoms with van der Waals surface area (Å²) >= 11 is 1.76. The number of aryl methyl sites for hydroxylation is 1. The highest BCUT2D eigenvalue weighted by molar-refractivity contribution is 7.13. The Hall–Kier alpha value is -1.09. The Kier molecular flexibility index (Phi) is 2.69. The predicted octanol–water partition coefficient (Wildman–Crippen LogP) is 3.75. The van der Waals surface area contributed by atoms with Crippen LogP contribution >= 0.6 is 11.3 Å². The van der Waals surface area contributed by atoms with Gasteiger partial charge in [0.25, 0.3) is 5.91 Å². The van der Waals surface area contributed by atoms with E-state index >= 15 is 0 Å². The van der Waals surface area contributed by atoms with Crippen molar-refractivity contribution in [3.8, 4) is 0 Å². The molecule has 3 rings (SSSR count). The van der Waals surface area contributed by atoms with Crippen LogP contribution in [0.4, 0.5) is 0 Å². The first-order valence-electron chi connectivity index (χ1n) is 6.97. The van der Waals surface area contributed by atoms with Gasteiger partial charge in [0.15, 0.2) is 0 Å². The summed E-state index contributed by atoms with van der Waals surface area (Å²) in [5, 5.41) is 3.24. The van der Waals surface area contributed by atoms with E-state index in [0.717, 1.165) is 5.57 Å². The molecular formula is C16H21NOS. The molecule has 102 valence electrons. The van der Waals surface area contributed by atoms with Crippen molar-refractivity contribution >= 4 is 22.8 Å². The minimum absolute atomic E-state index is 0.106. The van der Waals surface area contributed by atoms with Gasteiger partial charge in [-0.05, 0) is 70.1 Å². The van der Waals surface area contributed by atoms with E-state index in [9.17, 15) is 4.79 Å². The van der Waals surface area contributed by atoms with Crippen molar-refractivity contribution in [1.29, 1.82) is 0 Å². The van der Waals surface area contributed by atoms with E-state index in [-0.39, 0.29) is 11.4 Å². The van der Waals surface area contributed by atoms with Crippen LogP contribution in [0.25, 0.3) is 5.57 Å². The van der Waals surface area contributed by atoms with Crippen LogP contribution in [0.15, 0.2) is 5.57 Å².